The molecule has 0 aromatic rings. The maximum Gasteiger partial charge on any atom is 0 e. The summed E-state index contributed by atoms with van der Waals surface area (Å²) in [7, 11) is -0.451. The van der Waals surface area contributed by atoms with Gasteiger partial charge in [-0.2, -0.15) is 0 Å². The summed E-state index contributed by atoms with van der Waals surface area (Å²) in [5.74, 6) is 0. The van der Waals surface area contributed by atoms with Gasteiger partial charge in [-0.15, -0.1) is 0 Å². The molecule has 0 saturated heterocycles. The average molecular weight is 553 g/mol. The van der Waals surface area contributed by atoms with Gasteiger partial charge in [-0.25, -0.2) is 0 Å². The molecule has 0 amide bonds. The molecular weight excluding hydrogens is 510 g/mol. The largest absolute Gasteiger partial charge is 0.545 e. The first-order valence-corrected chi connectivity index (χ1v) is 14.6. The molecule has 0 radical (unpaired) electrons. The Morgan fingerprint density at radius 3 is 0.667 bits per heavy atom. The Hall–Kier alpha value is 0.974. The maximum absolute atomic E-state index is 8.49. The van der Waals surface area contributed by atoms with Gasteiger partial charge in [0.25, 0.3) is 0 Å². The minimum atomic E-state index is -3.76. The van der Waals surface area contributed by atoms with Crippen molar-refractivity contribution in [2.75, 3.05) is 80.4 Å². The van der Waals surface area contributed by atoms with E-state index in [1.807, 2.05) is 0 Å². The summed E-state index contributed by atoms with van der Waals surface area (Å²) in [5.41, 5.74) is 0. The maximum atomic E-state index is 8.49. The van der Waals surface area contributed by atoms with Crippen molar-refractivity contribution in [3.63, 3.8) is 0 Å². The SMILES string of the molecule is CN(C)CC[PH](O)(O)O.CN(C)CC[PH](O)(O)O.CN(C)CC[PH](O)(O)O.[CH-]=O.[Ni]. The molecule has 9 N–H and O–H groups in total. The van der Waals surface area contributed by atoms with Crippen LogP contribution in [0.25, 0.3) is 0 Å². The van der Waals surface area contributed by atoms with E-state index in [0.29, 0.717) is 19.6 Å². The van der Waals surface area contributed by atoms with Crippen LogP contribution in [0.3, 0.4) is 0 Å². The molecule has 0 unspecified atom stereocenters. The van der Waals surface area contributed by atoms with E-state index in [1.165, 1.54) is 0 Å². The fourth-order valence-electron chi connectivity index (χ4n) is 1.12. The Morgan fingerprint density at radius 2 is 0.633 bits per heavy atom. The summed E-state index contributed by atoms with van der Waals surface area (Å²) in [6, 6.07) is 0. The molecule has 17 heteroatoms. The van der Waals surface area contributed by atoms with E-state index in [1.54, 1.807) is 57.0 Å². The summed E-state index contributed by atoms with van der Waals surface area (Å²) in [6.07, 6.45) is 0.250. The quantitative estimate of drug-likeness (QED) is 0.0597. The van der Waals surface area contributed by atoms with Gasteiger partial charge in [-0.05, 0) is 0 Å². The van der Waals surface area contributed by atoms with Gasteiger partial charge < -0.3 is 4.79 Å². The fraction of sp³-hybridized carbons (Fsp3) is 0.923. The van der Waals surface area contributed by atoms with Crippen LogP contribution in [-0.2, 0) is 21.3 Å². The third kappa shape index (κ3) is 63.0. The zero-order valence-corrected chi connectivity index (χ0v) is 22.4. The Morgan fingerprint density at radius 1 is 0.500 bits per heavy atom. The van der Waals surface area contributed by atoms with Crippen molar-refractivity contribution < 1.29 is 65.3 Å². The normalized spacial score (nSPS) is 13.1. The van der Waals surface area contributed by atoms with E-state index in [0.717, 1.165) is 0 Å². The number of rotatable bonds is 9. The third-order valence-electron chi connectivity index (χ3n) is 2.68. The number of nitrogens with zero attached hydrogens (tertiary/aromatic N) is 3. The second kappa shape index (κ2) is 21.8. The zero-order valence-electron chi connectivity index (χ0n) is 18.4. The van der Waals surface area contributed by atoms with Gasteiger partial charge in [-0.1, -0.05) is 0 Å². The van der Waals surface area contributed by atoms with Gasteiger partial charge in [0.15, 0.2) is 0 Å². The van der Waals surface area contributed by atoms with Gasteiger partial charge in [0, 0.05) is 16.5 Å². The van der Waals surface area contributed by atoms with Crippen molar-refractivity contribution in [2.24, 2.45) is 0 Å². The molecule has 196 valence electrons. The van der Waals surface area contributed by atoms with E-state index in [9.17, 15) is 0 Å². The first-order chi connectivity index (χ1) is 12.7. The van der Waals surface area contributed by atoms with Crippen LogP contribution in [0.4, 0.5) is 0 Å². The fourth-order valence-corrected chi connectivity index (χ4v) is 3.36. The van der Waals surface area contributed by atoms with E-state index in [4.69, 9.17) is 48.8 Å². The summed E-state index contributed by atoms with van der Waals surface area (Å²) in [6.45, 7) is 4.78. The Bertz CT molecular complexity index is 315. The molecular formula is C13H43N3NiO10P3-. The molecule has 0 saturated carbocycles. The predicted molar refractivity (Wildman–Crippen MR) is 122 cm³/mol. The second-order valence-corrected chi connectivity index (χ2v) is 13.1. The van der Waals surface area contributed by atoms with Crippen LogP contribution < -0.4 is 0 Å². The van der Waals surface area contributed by atoms with Crippen molar-refractivity contribution in [1.82, 2.24) is 14.7 Å². The van der Waals surface area contributed by atoms with Crippen LogP contribution in [0.5, 0.6) is 0 Å². The minimum Gasteiger partial charge on any atom is -0.545 e. The van der Waals surface area contributed by atoms with Crippen LogP contribution in [0.2, 0.25) is 0 Å². The predicted octanol–water partition coefficient (Wildman–Crippen LogP) is -3.22. The minimum absolute atomic E-state index is 0. The van der Waals surface area contributed by atoms with Gasteiger partial charge in [-0.3, -0.25) is 6.79 Å². The van der Waals surface area contributed by atoms with Crippen LogP contribution in [0.1, 0.15) is 0 Å². The molecule has 30 heavy (non-hydrogen) atoms. The number of hydrogen-bond donors (Lipinski definition) is 9. The number of hydrogen-bond acceptors (Lipinski definition) is 13. The topological polar surface area (TPSA) is 209 Å². The van der Waals surface area contributed by atoms with Gasteiger partial charge in [0.2, 0.25) is 0 Å². The molecule has 0 rings (SSSR count). The van der Waals surface area contributed by atoms with Gasteiger partial charge >= 0.3 is 163 Å². The Balaban J connectivity index is -0.0000000982. The molecule has 0 aromatic heterocycles. The smallest absolute Gasteiger partial charge is 0 e. The molecule has 0 aromatic carbocycles. The molecule has 0 heterocycles. The first-order valence-electron chi connectivity index (χ1n) is 8.44. The zero-order chi connectivity index (χ0) is 24.5. The molecule has 13 nitrogen and oxygen atoms in total. The standard InChI is InChI=1S/3C4H14NO3P.CHO.Ni/c3*1-5(2)3-4-9(6,7)8;1-2;/h3*6-9H,3-4H2,1-2H3;1H;/q;;;-1;. The van der Waals surface area contributed by atoms with Crippen LogP contribution >= 0.6 is 23.8 Å². The summed E-state index contributed by atoms with van der Waals surface area (Å²) < 4.78 is 0. The third-order valence-corrected chi connectivity index (χ3v) is 5.37. The van der Waals surface area contributed by atoms with Crippen LogP contribution in [-0.4, -0.2) is 146 Å². The van der Waals surface area contributed by atoms with Crippen molar-refractivity contribution in [1.29, 1.82) is 0 Å². The Kier molecular flexibility index (Phi) is 30.0. The molecule has 0 aliphatic rings. The Labute approximate surface area is 191 Å². The van der Waals surface area contributed by atoms with Gasteiger partial charge in [0.05, 0.1) is 0 Å². The molecule has 0 aliphatic heterocycles. The van der Waals surface area contributed by atoms with Crippen molar-refractivity contribution in [2.45, 2.75) is 0 Å². The number of carbonyl (C=O) groups excluding carboxylic acids is 1. The van der Waals surface area contributed by atoms with Crippen LogP contribution in [0.15, 0.2) is 0 Å². The van der Waals surface area contributed by atoms with E-state index >= 15 is 0 Å². The van der Waals surface area contributed by atoms with E-state index in [-0.39, 0.29) is 35.0 Å². The summed E-state index contributed by atoms with van der Waals surface area (Å²) in [4.78, 5) is 89.5. The van der Waals surface area contributed by atoms with Crippen molar-refractivity contribution in [3.05, 3.63) is 0 Å². The van der Waals surface area contributed by atoms with Crippen molar-refractivity contribution in [3.8, 4) is 0 Å². The van der Waals surface area contributed by atoms with Crippen molar-refractivity contribution >= 4 is 30.6 Å². The molecule has 0 atom stereocenters. The first kappa shape index (κ1) is 41.2. The molecule has 0 bridgehead atoms. The summed E-state index contributed by atoms with van der Waals surface area (Å²) >= 11 is 0. The molecule has 0 aliphatic carbocycles. The summed E-state index contributed by atoms with van der Waals surface area (Å²) in [5, 5.41) is 0. The average Bonchev–Trinajstić information content (AvgIpc) is 2.50. The van der Waals surface area contributed by atoms with E-state index < -0.39 is 23.8 Å². The van der Waals surface area contributed by atoms with E-state index in [2.05, 4.69) is 6.79 Å². The van der Waals surface area contributed by atoms with Crippen LogP contribution in [0, 0.1) is 0 Å². The second-order valence-electron chi connectivity index (χ2n) is 6.98. The molecule has 0 spiro atoms. The van der Waals surface area contributed by atoms with Gasteiger partial charge in [0.1, 0.15) is 0 Å². The monoisotopic (exact) mass is 552 g/mol. The molecule has 0 fully saturated rings.